The second kappa shape index (κ2) is 9.22. The van der Waals surface area contributed by atoms with E-state index in [-0.39, 0.29) is 22.8 Å². The van der Waals surface area contributed by atoms with Gasteiger partial charge in [-0.05, 0) is 12.1 Å². The fraction of sp³-hybridized carbons (Fsp3) is 0.409. The molecule has 9 nitrogen and oxygen atoms in total. The minimum atomic E-state index is -0.971. The van der Waals surface area contributed by atoms with Gasteiger partial charge in [-0.15, -0.1) is 0 Å². The maximum Gasteiger partial charge on any atom is 0.208 e. The van der Waals surface area contributed by atoms with E-state index in [4.69, 9.17) is 37.9 Å². The molecule has 0 radical (unpaired) electrons. The van der Waals surface area contributed by atoms with Crippen LogP contribution in [0.3, 0.4) is 0 Å². The summed E-state index contributed by atoms with van der Waals surface area (Å²) in [5.74, 6) is 2.11. The summed E-state index contributed by atoms with van der Waals surface area (Å²) in [7, 11) is 10.4. The summed E-state index contributed by atoms with van der Waals surface area (Å²) in [5, 5.41) is 0. The Labute approximate surface area is 180 Å². The number of rotatable bonds is 8. The number of carbonyl (C=O) groups excluding carboxylic acids is 1. The average Bonchev–Trinajstić information content (AvgIpc) is 2.81. The number of carbonyl (C=O) groups is 1. The Balaban J connectivity index is 2.26. The third-order valence-corrected chi connectivity index (χ3v) is 5.11. The van der Waals surface area contributed by atoms with Crippen LogP contribution < -0.4 is 33.2 Å². The lowest BCUT2D eigenvalue weighted by atomic mass is 9.91. The van der Waals surface area contributed by atoms with Crippen molar-refractivity contribution in [2.75, 3.05) is 49.8 Å². The van der Waals surface area contributed by atoms with Crippen molar-refractivity contribution in [3.8, 4) is 40.2 Å². The van der Waals surface area contributed by atoms with E-state index >= 15 is 0 Å². The van der Waals surface area contributed by atoms with Gasteiger partial charge in [0.25, 0.3) is 0 Å². The normalized spacial score (nSPS) is 17.3. The maximum atomic E-state index is 13.4. The van der Waals surface area contributed by atoms with Gasteiger partial charge in [-0.3, -0.25) is 4.79 Å². The van der Waals surface area contributed by atoms with E-state index in [1.54, 1.807) is 18.2 Å². The van der Waals surface area contributed by atoms with Crippen LogP contribution in [-0.2, 0) is 4.74 Å². The van der Waals surface area contributed by atoms with Crippen LogP contribution in [0.25, 0.3) is 0 Å². The number of benzene rings is 2. The monoisotopic (exact) mass is 434 g/mol. The Kier molecular flexibility index (Phi) is 6.65. The van der Waals surface area contributed by atoms with E-state index in [0.717, 1.165) is 0 Å². The van der Waals surface area contributed by atoms with Gasteiger partial charge in [0.15, 0.2) is 41.0 Å². The zero-order chi connectivity index (χ0) is 22.7. The second-order valence-electron chi connectivity index (χ2n) is 6.53. The summed E-state index contributed by atoms with van der Waals surface area (Å²) in [6.45, 7) is 0. The predicted molar refractivity (Wildman–Crippen MR) is 111 cm³/mol. The summed E-state index contributed by atoms with van der Waals surface area (Å²) in [6, 6.07) is 4.94. The SMILES string of the molecule is COc1cc(OC)c(OC)c(C2Oc3c(cc(OC)c(OC)c3OC)C(=O)C2OC)c1. The van der Waals surface area contributed by atoms with Gasteiger partial charge < -0.3 is 37.9 Å². The van der Waals surface area contributed by atoms with Gasteiger partial charge in [-0.1, -0.05) is 0 Å². The third kappa shape index (κ3) is 3.65. The molecular formula is C22H26O9. The maximum absolute atomic E-state index is 13.4. The molecule has 0 bridgehead atoms. The van der Waals surface area contributed by atoms with Crippen LogP contribution in [0.1, 0.15) is 22.0 Å². The van der Waals surface area contributed by atoms with E-state index in [9.17, 15) is 4.79 Å². The number of ether oxygens (including phenoxy) is 8. The molecule has 0 fully saturated rings. The first-order valence-corrected chi connectivity index (χ1v) is 9.35. The fourth-order valence-electron chi connectivity index (χ4n) is 3.66. The van der Waals surface area contributed by atoms with Crippen LogP contribution in [0, 0.1) is 0 Å². The number of methoxy groups -OCH3 is 7. The van der Waals surface area contributed by atoms with Gasteiger partial charge in [-0.2, -0.15) is 0 Å². The third-order valence-electron chi connectivity index (χ3n) is 5.11. The highest BCUT2D eigenvalue weighted by Crippen LogP contribution is 2.52. The van der Waals surface area contributed by atoms with Crippen molar-refractivity contribution < 1.29 is 42.7 Å². The lowest BCUT2D eigenvalue weighted by Crippen LogP contribution is -2.38. The lowest BCUT2D eigenvalue weighted by molar-refractivity contribution is -0.00274. The van der Waals surface area contributed by atoms with Crippen molar-refractivity contribution in [2.24, 2.45) is 0 Å². The lowest BCUT2D eigenvalue weighted by Gasteiger charge is -2.34. The summed E-state index contributed by atoms with van der Waals surface area (Å²) in [6.07, 6.45) is -1.85. The standard InChI is InChI=1S/C22H26O9/c1-24-11-8-13(17(27-4)14(9-11)25-2)19-21(29-6)16(23)12-10-15(26-3)20(28-5)22(30-7)18(12)31-19/h8-10,19,21H,1-7H3. The van der Waals surface area contributed by atoms with Crippen molar-refractivity contribution in [1.82, 2.24) is 0 Å². The molecule has 1 heterocycles. The zero-order valence-electron chi connectivity index (χ0n) is 18.6. The van der Waals surface area contributed by atoms with Crippen LogP contribution in [0.2, 0.25) is 0 Å². The number of ketones is 1. The van der Waals surface area contributed by atoms with Gasteiger partial charge in [0, 0.05) is 18.7 Å². The summed E-state index contributed by atoms with van der Waals surface area (Å²) in [5.41, 5.74) is 0.771. The van der Waals surface area contributed by atoms with Gasteiger partial charge >= 0.3 is 0 Å². The molecular weight excluding hydrogens is 408 g/mol. The van der Waals surface area contributed by atoms with Crippen LogP contribution in [0.15, 0.2) is 18.2 Å². The van der Waals surface area contributed by atoms with Gasteiger partial charge in [0.1, 0.15) is 5.75 Å². The first-order valence-electron chi connectivity index (χ1n) is 9.35. The Morgan fingerprint density at radius 2 is 1.32 bits per heavy atom. The molecule has 2 aromatic rings. The molecule has 0 saturated heterocycles. The molecule has 0 aliphatic carbocycles. The first-order chi connectivity index (χ1) is 15.0. The van der Waals surface area contributed by atoms with Crippen LogP contribution in [0.4, 0.5) is 0 Å². The highest BCUT2D eigenvalue weighted by molar-refractivity contribution is 6.05. The molecule has 0 saturated carbocycles. The molecule has 31 heavy (non-hydrogen) atoms. The van der Waals surface area contributed by atoms with Crippen LogP contribution in [-0.4, -0.2) is 61.7 Å². The van der Waals surface area contributed by atoms with Gasteiger partial charge in [-0.25, -0.2) is 0 Å². The number of hydrogen-bond donors (Lipinski definition) is 0. The van der Waals surface area contributed by atoms with E-state index in [1.807, 2.05) is 0 Å². The Bertz CT molecular complexity index is 970. The molecule has 0 N–H and O–H groups in total. The molecule has 2 atom stereocenters. The molecule has 0 amide bonds. The molecule has 1 aliphatic rings. The van der Waals surface area contributed by atoms with Gasteiger partial charge in [0.05, 0.1) is 48.2 Å². The summed E-state index contributed by atoms with van der Waals surface area (Å²) in [4.78, 5) is 13.4. The van der Waals surface area contributed by atoms with Crippen molar-refractivity contribution in [3.05, 3.63) is 29.3 Å². The summed E-state index contributed by atoms with van der Waals surface area (Å²) < 4.78 is 44.6. The molecule has 1 aliphatic heterocycles. The molecule has 0 aromatic heterocycles. The molecule has 168 valence electrons. The van der Waals surface area contributed by atoms with E-state index < -0.39 is 12.2 Å². The van der Waals surface area contributed by atoms with E-state index in [1.165, 1.54) is 49.8 Å². The molecule has 9 heteroatoms. The molecule has 2 aromatic carbocycles. The van der Waals surface area contributed by atoms with E-state index in [0.29, 0.717) is 34.3 Å². The van der Waals surface area contributed by atoms with Gasteiger partial charge in [0.2, 0.25) is 11.5 Å². The van der Waals surface area contributed by atoms with Crippen LogP contribution >= 0.6 is 0 Å². The number of hydrogen-bond acceptors (Lipinski definition) is 9. The van der Waals surface area contributed by atoms with Crippen molar-refractivity contribution >= 4 is 5.78 Å². The highest BCUT2D eigenvalue weighted by Gasteiger charge is 2.43. The minimum absolute atomic E-state index is 0.215. The van der Waals surface area contributed by atoms with Crippen LogP contribution in [0.5, 0.6) is 40.2 Å². The largest absolute Gasteiger partial charge is 0.497 e. The van der Waals surface area contributed by atoms with Crippen molar-refractivity contribution in [1.29, 1.82) is 0 Å². The number of fused-ring (bicyclic) bond motifs is 1. The topological polar surface area (TPSA) is 90.9 Å². The minimum Gasteiger partial charge on any atom is -0.497 e. The molecule has 3 rings (SSSR count). The quantitative estimate of drug-likeness (QED) is 0.622. The molecule has 2 unspecified atom stereocenters. The Morgan fingerprint density at radius 1 is 0.710 bits per heavy atom. The predicted octanol–water partition coefficient (Wildman–Crippen LogP) is 3.07. The fourth-order valence-corrected chi connectivity index (χ4v) is 3.66. The van der Waals surface area contributed by atoms with Crippen molar-refractivity contribution in [3.63, 3.8) is 0 Å². The zero-order valence-corrected chi connectivity index (χ0v) is 18.6. The Hall–Kier alpha value is -3.33. The average molecular weight is 434 g/mol. The van der Waals surface area contributed by atoms with Crippen molar-refractivity contribution in [2.45, 2.75) is 12.2 Å². The highest BCUT2D eigenvalue weighted by atomic mass is 16.6. The smallest absolute Gasteiger partial charge is 0.208 e. The Morgan fingerprint density at radius 3 is 1.84 bits per heavy atom. The second-order valence-corrected chi connectivity index (χ2v) is 6.53. The molecule has 0 spiro atoms. The first kappa shape index (κ1) is 22.4. The summed E-state index contributed by atoms with van der Waals surface area (Å²) >= 11 is 0. The van der Waals surface area contributed by atoms with E-state index in [2.05, 4.69) is 0 Å². The number of Topliss-reactive ketones (excluding diaryl/α,β-unsaturated/α-hetero) is 1.